The van der Waals surface area contributed by atoms with E-state index in [-0.39, 0.29) is 5.91 Å². The number of carbonyl (C=O) groups excluding carboxylic acids is 1. The maximum atomic E-state index is 13.6. The molecule has 33 heavy (non-hydrogen) atoms. The molecule has 0 spiro atoms. The molecule has 2 heterocycles. The predicted octanol–water partition coefficient (Wildman–Crippen LogP) is 5.69. The second-order valence-electron chi connectivity index (χ2n) is 8.44. The van der Waals surface area contributed by atoms with E-state index in [4.69, 9.17) is 16.3 Å². The van der Waals surface area contributed by atoms with Crippen LogP contribution < -0.4 is 9.64 Å². The maximum absolute atomic E-state index is 13.6. The molecule has 1 aliphatic rings. The summed E-state index contributed by atoms with van der Waals surface area (Å²) < 4.78 is 5.29. The van der Waals surface area contributed by atoms with Crippen LogP contribution in [0.2, 0.25) is 5.02 Å². The van der Waals surface area contributed by atoms with Crippen molar-refractivity contribution in [1.82, 2.24) is 4.98 Å². The van der Waals surface area contributed by atoms with E-state index >= 15 is 0 Å². The number of halogens is 1. The minimum absolute atomic E-state index is 0.0660. The normalized spacial score (nSPS) is 16.6. The maximum Gasteiger partial charge on any atom is 0.311 e. The molecular weight excluding hydrogens is 440 g/mol. The molecule has 0 fully saturated rings. The number of benzene rings is 3. The van der Waals surface area contributed by atoms with Crippen LogP contribution in [0.15, 0.2) is 54.6 Å². The molecule has 0 aliphatic carbocycles. The fourth-order valence-electron chi connectivity index (χ4n) is 4.74. The van der Waals surface area contributed by atoms with Gasteiger partial charge in [0.15, 0.2) is 0 Å². The van der Waals surface area contributed by atoms with E-state index in [1.165, 1.54) is 0 Å². The summed E-state index contributed by atoms with van der Waals surface area (Å²) in [4.78, 5) is 30.5. The van der Waals surface area contributed by atoms with Crippen LogP contribution in [0.25, 0.3) is 21.8 Å². The van der Waals surface area contributed by atoms with Crippen LogP contribution in [0.4, 0.5) is 5.69 Å². The minimum Gasteiger partial charge on any atom is -0.497 e. The lowest BCUT2D eigenvalue weighted by Gasteiger charge is -2.34. The number of nitrogens with one attached hydrogen (secondary N) is 1. The molecule has 0 radical (unpaired) electrons. The van der Waals surface area contributed by atoms with E-state index in [2.05, 4.69) is 4.98 Å². The van der Waals surface area contributed by atoms with Crippen molar-refractivity contribution < 1.29 is 19.4 Å². The van der Waals surface area contributed by atoms with E-state index in [1.54, 1.807) is 30.2 Å². The van der Waals surface area contributed by atoms with Crippen LogP contribution >= 0.6 is 11.6 Å². The molecule has 5 rings (SSSR count). The zero-order valence-electron chi connectivity index (χ0n) is 18.3. The van der Waals surface area contributed by atoms with Crippen molar-refractivity contribution in [2.45, 2.75) is 25.2 Å². The summed E-state index contributed by atoms with van der Waals surface area (Å²) in [5.41, 5.74) is 4.06. The molecule has 0 bridgehead atoms. The van der Waals surface area contributed by atoms with Gasteiger partial charge in [-0.1, -0.05) is 23.7 Å². The zero-order valence-corrected chi connectivity index (χ0v) is 19.0. The number of anilines is 1. The lowest BCUT2D eigenvalue weighted by atomic mass is 9.88. The highest BCUT2D eigenvalue weighted by molar-refractivity contribution is 6.31. The number of ether oxygens (including phenoxy) is 1. The monoisotopic (exact) mass is 462 g/mol. The Labute approximate surface area is 195 Å². The average molecular weight is 463 g/mol. The van der Waals surface area contributed by atoms with Crippen LogP contribution in [0.5, 0.6) is 5.75 Å². The van der Waals surface area contributed by atoms with Gasteiger partial charge in [-0.05, 0) is 66.9 Å². The van der Waals surface area contributed by atoms with Gasteiger partial charge in [-0.2, -0.15) is 0 Å². The second-order valence-corrected chi connectivity index (χ2v) is 8.87. The molecular formula is C26H23ClN2O4. The molecule has 6 nitrogen and oxygen atoms in total. The first kappa shape index (κ1) is 21.3. The van der Waals surface area contributed by atoms with Crippen LogP contribution in [0.3, 0.4) is 0 Å². The Balaban J connectivity index is 1.50. The standard InChI is InChI=1S/C26H23ClN2O4/c1-14(15-3-6-18-20-12-16(27)4-7-22(20)28-23(18)11-15)25(30)29-10-9-19(26(31)32)21-13-17(33-2)5-8-24(21)29/h3-8,11-14,19,28H,9-10H2,1-2H3,(H,31,32). The number of amides is 1. The van der Waals surface area contributed by atoms with Crippen molar-refractivity contribution in [3.63, 3.8) is 0 Å². The Hall–Kier alpha value is -3.51. The lowest BCUT2D eigenvalue weighted by Crippen LogP contribution is -2.40. The van der Waals surface area contributed by atoms with Crippen molar-refractivity contribution in [2.75, 3.05) is 18.6 Å². The number of aliphatic carboxylic acids is 1. The van der Waals surface area contributed by atoms with E-state index < -0.39 is 17.8 Å². The lowest BCUT2D eigenvalue weighted by molar-refractivity contribution is -0.139. The molecule has 1 aromatic heterocycles. The molecule has 168 valence electrons. The number of hydrogen-bond donors (Lipinski definition) is 2. The third kappa shape index (κ3) is 3.60. The van der Waals surface area contributed by atoms with Gasteiger partial charge in [-0.3, -0.25) is 9.59 Å². The highest BCUT2D eigenvalue weighted by Crippen LogP contribution is 2.39. The van der Waals surface area contributed by atoms with Gasteiger partial charge < -0.3 is 19.7 Å². The number of carboxylic acids is 1. The van der Waals surface area contributed by atoms with Crippen molar-refractivity contribution in [1.29, 1.82) is 0 Å². The van der Waals surface area contributed by atoms with Gasteiger partial charge in [0.25, 0.3) is 0 Å². The van der Waals surface area contributed by atoms with Gasteiger partial charge in [-0.15, -0.1) is 0 Å². The number of rotatable bonds is 4. The fourth-order valence-corrected chi connectivity index (χ4v) is 4.92. The third-order valence-corrected chi connectivity index (χ3v) is 6.80. The molecule has 4 aromatic rings. The smallest absolute Gasteiger partial charge is 0.311 e. The van der Waals surface area contributed by atoms with Crippen molar-refractivity contribution in [3.8, 4) is 5.75 Å². The molecule has 3 aromatic carbocycles. The Morgan fingerprint density at radius 1 is 1.09 bits per heavy atom. The number of H-pyrrole nitrogens is 1. The molecule has 2 unspecified atom stereocenters. The highest BCUT2D eigenvalue weighted by atomic mass is 35.5. The zero-order chi connectivity index (χ0) is 23.3. The minimum atomic E-state index is -0.894. The molecule has 0 saturated carbocycles. The number of aromatic nitrogens is 1. The van der Waals surface area contributed by atoms with E-state index in [9.17, 15) is 14.7 Å². The van der Waals surface area contributed by atoms with Crippen LogP contribution in [0, 0.1) is 0 Å². The van der Waals surface area contributed by atoms with Crippen LogP contribution in [-0.2, 0) is 9.59 Å². The molecule has 2 N–H and O–H groups in total. The number of carboxylic acid groups (broad SMARTS) is 1. The molecule has 0 saturated heterocycles. The summed E-state index contributed by atoms with van der Waals surface area (Å²) in [6.45, 7) is 2.24. The Bertz CT molecular complexity index is 1410. The van der Waals surface area contributed by atoms with Crippen molar-refractivity contribution in [2.24, 2.45) is 0 Å². The van der Waals surface area contributed by atoms with Gasteiger partial charge in [-0.25, -0.2) is 0 Å². The highest BCUT2D eigenvalue weighted by Gasteiger charge is 2.34. The number of aromatic amines is 1. The number of hydrogen-bond acceptors (Lipinski definition) is 3. The van der Waals surface area contributed by atoms with E-state index in [0.29, 0.717) is 35.0 Å². The molecule has 1 aliphatic heterocycles. The van der Waals surface area contributed by atoms with E-state index in [0.717, 1.165) is 27.4 Å². The first-order valence-corrected chi connectivity index (χ1v) is 11.2. The quantitative estimate of drug-likeness (QED) is 0.408. The van der Waals surface area contributed by atoms with E-state index in [1.807, 2.05) is 43.3 Å². The fraction of sp³-hybridized carbons (Fsp3) is 0.231. The molecule has 1 amide bonds. The van der Waals surface area contributed by atoms with Crippen LogP contribution in [-0.4, -0.2) is 35.6 Å². The molecule has 7 heteroatoms. The summed E-state index contributed by atoms with van der Waals surface area (Å²) in [6.07, 6.45) is 0.357. The summed E-state index contributed by atoms with van der Waals surface area (Å²) >= 11 is 6.17. The summed E-state index contributed by atoms with van der Waals surface area (Å²) in [7, 11) is 1.54. The van der Waals surface area contributed by atoms with Gasteiger partial charge in [0, 0.05) is 39.1 Å². The second kappa shape index (κ2) is 8.12. The van der Waals surface area contributed by atoms with Crippen LogP contribution in [0.1, 0.15) is 36.3 Å². The first-order valence-electron chi connectivity index (χ1n) is 10.8. The number of nitrogens with zero attached hydrogens (tertiary/aromatic N) is 1. The Morgan fingerprint density at radius 3 is 2.67 bits per heavy atom. The topological polar surface area (TPSA) is 82.6 Å². The SMILES string of the molecule is COc1ccc2c(c1)C(C(=O)O)CCN2C(=O)C(C)c1ccc2c(c1)[nH]c1ccc(Cl)cc12. The van der Waals surface area contributed by atoms with Gasteiger partial charge >= 0.3 is 5.97 Å². The average Bonchev–Trinajstić information content (AvgIpc) is 3.18. The van der Waals surface area contributed by atoms with Crippen molar-refractivity contribution >= 4 is 51.0 Å². The Kier molecular flexibility index (Phi) is 5.25. The van der Waals surface area contributed by atoms with Gasteiger partial charge in [0.2, 0.25) is 5.91 Å². The number of carbonyl (C=O) groups is 2. The van der Waals surface area contributed by atoms with Crippen molar-refractivity contribution in [3.05, 3.63) is 70.7 Å². The predicted molar refractivity (Wildman–Crippen MR) is 130 cm³/mol. The largest absolute Gasteiger partial charge is 0.497 e. The third-order valence-electron chi connectivity index (χ3n) is 6.56. The van der Waals surface area contributed by atoms with Gasteiger partial charge in [0.1, 0.15) is 5.75 Å². The molecule has 2 atom stereocenters. The van der Waals surface area contributed by atoms with Gasteiger partial charge in [0.05, 0.1) is 18.9 Å². The Morgan fingerprint density at radius 2 is 1.91 bits per heavy atom. The number of fused-ring (bicyclic) bond motifs is 4. The summed E-state index contributed by atoms with van der Waals surface area (Å²) in [6, 6.07) is 17.0. The summed E-state index contributed by atoms with van der Waals surface area (Å²) in [5, 5.41) is 12.5. The summed E-state index contributed by atoms with van der Waals surface area (Å²) in [5.74, 6) is -1.45. The number of methoxy groups -OCH3 is 1. The first-order chi connectivity index (χ1) is 15.9.